The monoisotopic (exact) mass is 276 g/mol. The number of aliphatic hydroxyl groups is 1. The minimum atomic E-state index is 0.309. The first kappa shape index (κ1) is 15.3. The van der Waals surface area contributed by atoms with Crippen LogP contribution in [0.15, 0.2) is 24.3 Å². The van der Waals surface area contributed by atoms with Crippen LogP contribution in [0.1, 0.15) is 50.6 Å². The SMILES string of the molecule is CCC(NC)c1ccc(N2CCCC2CCCO)cc1. The van der Waals surface area contributed by atoms with Crippen LogP contribution in [0, 0.1) is 0 Å². The van der Waals surface area contributed by atoms with Gasteiger partial charge in [-0.3, -0.25) is 0 Å². The molecule has 0 aliphatic carbocycles. The van der Waals surface area contributed by atoms with Gasteiger partial charge in [0.25, 0.3) is 0 Å². The van der Waals surface area contributed by atoms with Crippen molar-refractivity contribution in [2.75, 3.05) is 25.1 Å². The lowest BCUT2D eigenvalue weighted by Gasteiger charge is -2.27. The van der Waals surface area contributed by atoms with E-state index in [0.717, 1.165) is 25.8 Å². The summed E-state index contributed by atoms with van der Waals surface area (Å²) in [7, 11) is 2.02. The summed E-state index contributed by atoms with van der Waals surface area (Å²) < 4.78 is 0. The van der Waals surface area contributed by atoms with Gasteiger partial charge in [0.05, 0.1) is 0 Å². The Bertz CT molecular complexity index is 386. The molecule has 1 aromatic rings. The second-order valence-electron chi connectivity index (χ2n) is 5.70. The molecule has 1 heterocycles. The fraction of sp³-hybridized carbons (Fsp3) is 0.647. The number of anilines is 1. The number of rotatable bonds is 7. The molecule has 2 N–H and O–H groups in total. The Labute approximate surface area is 123 Å². The average Bonchev–Trinajstić information content (AvgIpc) is 2.95. The summed E-state index contributed by atoms with van der Waals surface area (Å²) in [5.74, 6) is 0. The summed E-state index contributed by atoms with van der Waals surface area (Å²) in [6.07, 6.45) is 5.66. The molecule has 0 aromatic heterocycles. The molecule has 1 aliphatic rings. The van der Waals surface area contributed by atoms with Crippen molar-refractivity contribution in [1.82, 2.24) is 5.32 Å². The van der Waals surface area contributed by atoms with Crippen molar-refractivity contribution in [1.29, 1.82) is 0 Å². The van der Waals surface area contributed by atoms with Gasteiger partial charge in [-0.15, -0.1) is 0 Å². The predicted octanol–water partition coefficient (Wildman–Crippen LogP) is 3.10. The maximum Gasteiger partial charge on any atom is 0.0431 e. The molecule has 2 atom stereocenters. The van der Waals surface area contributed by atoms with Crippen molar-refractivity contribution < 1.29 is 5.11 Å². The Kier molecular flexibility index (Phi) is 5.86. The van der Waals surface area contributed by atoms with Gasteiger partial charge in [-0.05, 0) is 56.8 Å². The highest BCUT2D eigenvalue weighted by molar-refractivity contribution is 5.50. The zero-order valence-electron chi connectivity index (χ0n) is 12.8. The van der Waals surface area contributed by atoms with Crippen LogP contribution < -0.4 is 10.2 Å². The van der Waals surface area contributed by atoms with Crippen LogP contribution in [0.3, 0.4) is 0 Å². The second-order valence-corrected chi connectivity index (χ2v) is 5.70. The molecule has 2 rings (SSSR count). The Morgan fingerprint density at radius 2 is 2.10 bits per heavy atom. The van der Waals surface area contributed by atoms with Gasteiger partial charge in [0.15, 0.2) is 0 Å². The smallest absolute Gasteiger partial charge is 0.0431 e. The molecule has 0 radical (unpaired) electrons. The van der Waals surface area contributed by atoms with E-state index in [-0.39, 0.29) is 0 Å². The number of nitrogens with one attached hydrogen (secondary N) is 1. The van der Waals surface area contributed by atoms with E-state index in [4.69, 9.17) is 5.11 Å². The predicted molar refractivity (Wildman–Crippen MR) is 85.2 cm³/mol. The van der Waals surface area contributed by atoms with Gasteiger partial charge < -0.3 is 15.3 Å². The Balaban J connectivity index is 2.05. The van der Waals surface area contributed by atoms with Crippen LogP contribution in [0.2, 0.25) is 0 Å². The van der Waals surface area contributed by atoms with E-state index in [0.29, 0.717) is 18.7 Å². The zero-order chi connectivity index (χ0) is 14.4. The van der Waals surface area contributed by atoms with Crippen LogP contribution in [0.25, 0.3) is 0 Å². The second kappa shape index (κ2) is 7.65. The number of hydrogen-bond donors (Lipinski definition) is 2. The minimum Gasteiger partial charge on any atom is -0.396 e. The highest BCUT2D eigenvalue weighted by atomic mass is 16.2. The number of benzene rings is 1. The third-order valence-corrected chi connectivity index (χ3v) is 4.46. The van der Waals surface area contributed by atoms with Crippen LogP contribution >= 0.6 is 0 Å². The van der Waals surface area contributed by atoms with Gasteiger partial charge in [-0.1, -0.05) is 19.1 Å². The quantitative estimate of drug-likeness (QED) is 0.803. The molecule has 20 heavy (non-hydrogen) atoms. The molecular formula is C17H28N2O. The summed E-state index contributed by atoms with van der Waals surface area (Å²) >= 11 is 0. The first-order valence-corrected chi connectivity index (χ1v) is 7.94. The largest absolute Gasteiger partial charge is 0.396 e. The first-order chi connectivity index (χ1) is 9.80. The molecular weight excluding hydrogens is 248 g/mol. The molecule has 0 amide bonds. The van der Waals surface area contributed by atoms with Crippen LogP contribution in [-0.4, -0.2) is 31.3 Å². The fourth-order valence-electron chi connectivity index (χ4n) is 3.31. The molecule has 1 aromatic carbocycles. The summed E-state index contributed by atoms with van der Waals surface area (Å²) in [6, 6.07) is 10.1. The maximum atomic E-state index is 9.01. The van der Waals surface area contributed by atoms with E-state index in [1.165, 1.54) is 24.1 Å². The van der Waals surface area contributed by atoms with E-state index in [9.17, 15) is 0 Å². The minimum absolute atomic E-state index is 0.309. The molecule has 0 saturated carbocycles. The number of nitrogens with zero attached hydrogens (tertiary/aromatic N) is 1. The van der Waals surface area contributed by atoms with Crippen molar-refractivity contribution in [3.05, 3.63) is 29.8 Å². The summed E-state index contributed by atoms with van der Waals surface area (Å²) in [4.78, 5) is 2.51. The molecule has 2 unspecified atom stereocenters. The first-order valence-electron chi connectivity index (χ1n) is 7.94. The zero-order valence-corrected chi connectivity index (χ0v) is 12.8. The highest BCUT2D eigenvalue weighted by Crippen LogP contribution is 2.29. The Morgan fingerprint density at radius 3 is 2.70 bits per heavy atom. The summed E-state index contributed by atoms with van der Waals surface area (Å²) in [5.41, 5.74) is 2.70. The molecule has 112 valence electrons. The van der Waals surface area contributed by atoms with Gasteiger partial charge in [-0.25, -0.2) is 0 Å². The fourth-order valence-corrected chi connectivity index (χ4v) is 3.31. The van der Waals surface area contributed by atoms with Crippen LogP contribution in [0.4, 0.5) is 5.69 Å². The highest BCUT2D eigenvalue weighted by Gasteiger charge is 2.24. The van der Waals surface area contributed by atoms with E-state index < -0.39 is 0 Å². The van der Waals surface area contributed by atoms with Gasteiger partial charge >= 0.3 is 0 Å². The molecule has 3 nitrogen and oxygen atoms in total. The Hall–Kier alpha value is -1.06. The average molecular weight is 276 g/mol. The molecule has 1 saturated heterocycles. The van der Waals surface area contributed by atoms with Crippen molar-refractivity contribution in [3.63, 3.8) is 0 Å². The van der Waals surface area contributed by atoms with Gasteiger partial charge in [0.1, 0.15) is 0 Å². The van der Waals surface area contributed by atoms with E-state index >= 15 is 0 Å². The van der Waals surface area contributed by atoms with Crippen LogP contribution in [-0.2, 0) is 0 Å². The normalized spacial score (nSPS) is 20.4. The van der Waals surface area contributed by atoms with Crippen molar-refractivity contribution in [3.8, 4) is 0 Å². The molecule has 1 fully saturated rings. The third kappa shape index (κ3) is 3.53. The standard InChI is InChI=1S/C17H28N2O/c1-3-17(18-2)14-8-10-16(11-9-14)19-12-4-6-15(19)7-5-13-20/h8-11,15,17-18,20H,3-7,12-13H2,1-2H3. The number of hydrogen-bond acceptors (Lipinski definition) is 3. The topological polar surface area (TPSA) is 35.5 Å². The van der Waals surface area contributed by atoms with Gasteiger partial charge in [-0.2, -0.15) is 0 Å². The summed E-state index contributed by atoms with van der Waals surface area (Å²) in [6.45, 7) is 3.67. The molecule has 0 spiro atoms. The molecule has 0 bridgehead atoms. The lowest BCUT2D eigenvalue weighted by Crippen LogP contribution is -2.29. The summed E-state index contributed by atoms with van der Waals surface area (Å²) in [5, 5.41) is 12.4. The van der Waals surface area contributed by atoms with E-state index in [1.807, 2.05) is 7.05 Å². The molecule has 1 aliphatic heterocycles. The van der Waals surface area contributed by atoms with Crippen molar-refractivity contribution >= 4 is 5.69 Å². The van der Waals surface area contributed by atoms with E-state index in [2.05, 4.69) is 41.4 Å². The van der Waals surface area contributed by atoms with Crippen molar-refractivity contribution in [2.45, 2.75) is 51.1 Å². The van der Waals surface area contributed by atoms with Gasteiger partial charge in [0, 0.05) is 30.9 Å². The van der Waals surface area contributed by atoms with Crippen molar-refractivity contribution in [2.24, 2.45) is 0 Å². The third-order valence-electron chi connectivity index (χ3n) is 4.46. The van der Waals surface area contributed by atoms with Gasteiger partial charge in [0.2, 0.25) is 0 Å². The Morgan fingerprint density at radius 1 is 1.35 bits per heavy atom. The van der Waals surface area contributed by atoms with Crippen LogP contribution in [0.5, 0.6) is 0 Å². The lowest BCUT2D eigenvalue weighted by atomic mass is 10.0. The van der Waals surface area contributed by atoms with E-state index in [1.54, 1.807) is 0 Å². The lowest BCUT2D eigenvalue weighted by molar-refractivity contribution is 0.279. The molecule has 3 heteroatoms. The maximum absolute atomic E-state index is 9.01. The number of aliphatic hydroxyl groups excluding tert-OH is 1.